The van der Waals surface area contributed by atoms with Gasteiger partial charge in [-0.15, -0.1) is 0 Å². The SMILES string of the molecule is CC(O)c1ccccc1N1CCS(=O)CC1. The maximum atomic E-state index is 11.3. The molecule has 1 N–H and O–H groups in total. The Morgan fingerprint density at radius 1 is 1.31 bits per heavy atom. The van der Waals surface area contributed by atoms with Gasteiger partial charge in [0.25, 0.3) is 0 Å². The van der Waals surface area contributed by atoms with Crippen molar-refractivity contribution in [3.63, 3.8) is 0 Å². The van der Waals surface area contributed by atoms with Crippen molar-refractivity contribution >= 4 is 16.5 Å². The van der Waals surface area contributed by atoms with E-state index in [1.54, 1.807) is 6.92 Å². The first-order valence-electron chi connectivity index (χ1n) is 5.55. The van der Waals surface area contributed by atoms with Gasteiger partial charge in [-0.25, -0.2) is 0 Å². The minimum Gasteiger partial charge on any atom is -0.389 e. The molecule has 1 unspecified atom stereocenters. The lowest BCUT2D eigenvalue weighted by atomic mass is 10.1. The van der Waals surface area contributed by atoms with Gasteiger partial charge in [-0.1, -0.05) is 18.2 Å². The summed E-state index contributed by atoms with van der Waals surface area (Å²) in [6, 6.07) is 7.89. The normalized spacial score (nSPS) is 19.8. The quantitative estimate of drug-likeness (QED) is 0.846. The number of para-hydroxylation sites is 1. The standard InChI is InChI=1S/C12H17NO2S/c1-10(14)11-4-2-3-5-12(11)13-6-8-16(15)9-7-13/h2-5,10,14H,6-9H2,1H3. The Bertz CT molecular complexity index is 382. The highest BCUT2D eigenvalue weighted by Crippen LogP contribution is 2.26. The van der Waals surface area contributed by atoms with Crippen molar-refractivity contribution in [1.82, 2.24) is 0 Å². The second-order valence-electron chi connectivity index (χ2n) is 4.07. The van der Waals surface area contributed by atoms with Gasteiger partial charge in [-0.05, 0) is 13.0 Å². The van der Waals surface area contributed by atoms with Crippen molar-refractivity contribution in [2.24, 2.45) is 0 Å². The van der Waals surface area contributed by atoms with Crippen LogP contribution in [0.1, 0.15) is 18.6 Å². The van der Waals surface area contributed by atoms with Crippen molar-refractivity contribution in [2.75, 3.05) is 29.5 Å². The fourth-order valence-electron chi connectivity index (χ4n) is 2.01. The molecule has 0 amide bonds. The molecule has 1 aromatic carbocycles. The average molecular weight is 239 g/mol. The number of hydrogen-bond acceptors (Lipinski definition) is 3. The molecule has 1 fully saturated rings. The molecule has 4 heteroatoms. The molecule has 0 radical (unpaired) electrons. The van der Waals surface area contributed by atoms with Gasteiger partial charge >= 0.3 is 0 Å². The molecule has 16 heavy (non-hydrogen) atoms. The Balaban J connectivity index is 2.23. The zero-order chi connectivity index (χ0) is 11.5. The minimum absolute atomic E-state index is 0.455. The van der Waals surface area contributed by atoms with Crippen LogP contribution in [0.4, 0.5) is 5.69 Å². The summed E-state index contributed by atoms with van der Waals surface area (Å²) in [6.07, 6.45) is -0.455. The fourth-order valence-corrected chi connectivity index (χ4v) is 3.06. The monoisotopic (exact) mass is 239 g/mol. The van der Waals surface area contributed by atoms with E-state index in [1.165, 1.54) is 0 Å². The summed E-state index contributed by atoms with van der Waals surface area (Å²) in [5.41, 5.74) is 2.03. The summed E-state index contributed by atoms with van der Waals surface area (Å²) < 4.78 is 11.3. The highest BCUT2D eigenvalue weighted by Gasteiger charge is 2.18. The van der Waals surface area contributed by atoms with E-state index in [4.69, 9.17) is 0 Å². The number of aliphatic hydroxyl groups is 1. The summed E-state index contributed by atoms with van der Waals surface area (Å²) in [6.45, 7) is 3.41. The number of rotatable bonds is 2. The van der Waals surface area contributed by atoms with Crippen molar-refractivity contribution < 1.29 is 9.32 Å². The molecule has 1 saturated heterocycles. The molecule has 88 valence electrons. The van der Waals surface area contributed by atoms with Gasteiger partial charge in [-0.3, -0.25) is 4.21 Å². The Kier molecular flexibility index (Phi) is 3.61. The summed E-state index contributed by atoms with van der Waals surface area (Å²) >= 11 is 0. The molecular weight excluding hydrogens is 222 g/mol. The maximum absolute atomic E-state index is 11.3. The van der Waals surface area contributed by atoms with E-state index >= 15 is 0 Å². The van der Waals surface area contributed by atoms with Crippen LogP contribution in [-0.2, 0) is 10.8 Å². The van der Waals surface area contributed by atoms with Crippen LogP contribution in [0.15, 0.2) is 24.3 Å². The second-order valence-corrected chi connectivity index (χ2v) is 5.77. The molecular formula is C12H17NO2S. The van der Waals surface area contributed by atoms with Gasteiger partial charge in [0.2, 0.25) is 0 Å². The third-order valence-electron chi connectivity index (χ3n) is 2.91. The predicted octanol–water partition coefficient (Wildman–Crippen LogP) is 1.31. The maximum Gasteiger partial charge on any atom is 0.0781 e. The van der Waals surface area contributed by atoms with E-state index in [2.05, 4.69) is 4.90 Å². The molecule has 3 nitrogen and oxygen atoms in total. The third kappa shape index (κ3) is 2.44. The van der Waals surface area contributed by atoms with Crippen LogP contribution < -0.4 is 4.90 Å². The highest BCUT2D eigenvalue weighted by molar-refractivity contribution is 7.85. The fraction of sp³-hybridized carbons (Fsp3) is 0.500. The first-order valence-corrected chi connectivity index (χ1v) is 7.04. The molecule has 1 aliphatic rings. The Morgan fingerprint density at radius 2 is 1.94 bits per heavy atom. The smallest absolute Gasteiger partial charge is 0.0781 e. The lowest BCUT2D eigenvalue weighted by molar-refractivity contribution is 0.199. The van der Waals surface area contributed by atoms with Crippen LogP contribution in [-0.4, -0.2) is 33.9 Å². The Morgan fingerprint density at radius 3 is 2.56 bits per heavy atom. The number of nitrogens with zero attached hydrogens (tertiary/aromatic N) is 1. The molecule has 1 aliphatic heterocycles. The third-order valence-corrected chi connectivity index (χ3v) is 4.18. The second kappa shape index (κ2) is 4.97. The summed E-state index contributed by atoms with van der Waals surface area (Å²) in [5, 5.41) is 9.70. The number of hydrogen-bond donors (Lipinski definition) is 1. The predicted molar refractivity (Wildman–Crippen MR) is 67.2 cm³/mol. The molecule has 0 aromatic heterocycles. The van der Waals surface area contributed by atoms with Gasteiger partial charge < -0.3 is 10.0 Å². The van der Waals surface area contributed by atoms with E-state index in [0.717, 1.165) is 35.8 Å². The number of anilines is 1. The average Bonchev–Trinajstić information content (AvgIpc) is 2.30. The first-order chi connectivity index (χ1) is 7.68. The largest absolute Gasteiger partial charge is 0.389 e. The van der Waals surface area contributed by atoms with E-state index < -0.39 is 16.9 Å². The van der Waals surface area contributed by atoms with Gasteiger partial charge in [0, 0.05) is 46.6 Å². The number of aliphatic hydroxyl groups excluding tert-OH is 1. The Hall–Kier alpha value is -0.870. The molecule has 1 aromatic rings. The van der Waals surface area contributed by atoms with Crippen molar-refractivity contribution in [3.8, 4) is 0 Å². The molecule has 0 bridgehead atoms. The molecule has 2 rings (SSSR count). The van der Waals surface area contributed by atoms with Crippen LogP contribution in [0.3, 0.4) is 0 Å². The van der Waals surface area contributed by atoms with E-state index in [-0.39, 0.29) is 0 Å². The van der Waals surface area contributed by atoms with Gasteiger partial charge in [-0.2, -0.15) is 0 Å². The van der Waals surface area contributed by atoms with Crippen LogP contribution in [0.25, 0.3) is 0 Å². The van der Waals surface area contributed by atoms with Gasteiger partial charge in [0.15, 0.2) is 0 Å². The summed E-state index contributed by atoms with van der Waals surface area (Å²) in [5.74, 6) is 1.46. The van der Waals surface area contributed by atoms with Crippen LogP contribution in [0.2, 0.25) is 0 Å². The van der Waals surface area contributed by atoms with Crippen molar-refractivity contribution in [1.29, 1.82) is 0 Å². The van der Waals surface area contributed by atoms with Crippen LogP contribution in [0, 0.1) is 0 Å². The van der Waals surface area contributed by atoms with E-state index in [9.17, 15) is 9.32 Å². The van der Waals surface area contributed by atoms with Gasteiger partial charge in [0.05, 0.1) is 6.10 Å². The van der Waals surface area contributed by atoms with Crippen LogP contribution >= 0.6 is 0 Å². The van der Waals surface area contributed by atoms with Gasteiger partial charge in [0.1, 0.15) is 0 Å². The molecule has 0 aliphatic carbocycles. The molecule has 0 spiro atoms. The lowest BCUT2D eigenvalue weighted by Gasteiger charge is -2.30. The zero-order valence-electron chi connectivity index (χ0n) is 9.43. The first kappa shape index (κ1) is 11.6. The van der Waals surface area contributed by atoms with Crippen LogP contribution in [0.5, 0.6) is 0 Å². The zero-order valence-corrected chi connectivity index (χ0v) is 10.2. The molecule has 1 atom stereocenters. The molecule has 0 saturated carbocycles. The Labute approximate surface area is 98.5 Å². The summed E-state index contributed by atoms with van der Waals surface area (Å²) in [7, 11) is -0.656. The van der Waals surface area contributed by atoms with Crippen molar-refractivity contribution in [3.05, 3.63) is 29.8 Å². The van der Waals surface area contributed by atoms with E-state index in [0.29, 0.717) is 0 Å². The topological polar surface area (TPSA) is 40.5 Å². The molecule has 1 heterocycles. The minimum atomic E-state index is -0.656. The highest BCUT2D eigenvalue weighted by atomic mass is 32.2. The summed E-state index contributed by atoms with van der Waals surface area (Å²) in [4.78, 5) is 2.21. The van der Waals surface area contributed by atoms with E-state index in [1.807, 2.05) is 24.3 Å². The lowest BCUT2D eigenvalue weighted by Crippen LogP contribution is -2.38. The van der Waals surface area contributed by atoms with Crippen molar-refractivity contribution in [2.45, 2.75) is 13.0 Å². The number of benzene rings is 1.